The molecule has 0 unspecified atom stereocenters. The van der Waals surface area contributed by atoms with Gasteiger partial charge in [-0.05, 0) is 42.7 Å². The molecule has 0 heterocycles. The van der Waals surface area contributed by atoms with Gasteiger partial charge >= 0.3 is 0 Å². The lowest BCUT2D eigenvalue weighted by Crippen LogP contribution is -1.94. The van der Waals surface area contributed by atoms with E-state index in [0.29, 0.717) is 0 Å². The van der Waals surface area contributed by atoms with Gasteiger partial charge in [0.2, 0.25) is 0 Å². The number of aryl methyl sites for hydroxylation is 2. The van der Waals surface area contributed by atoms with E-state index in [9.17, 15) is 0 Å². The Balaban J connectivity index is 2.63. The average Bonchev–Trinajstić information content (AvgIpc) is 2.20. The van der Waals surface area contributed by atoms with Crippen molar-refractivity contribution in [3.8, 4) is 11.1 Å². The van der Waals surface area contributed by atoms with Gasteiger partial charge in [0, 0.05) is 16.9 Å². The van der Waals surface area contributed by atoms with Crippen molar-refractivity contribution in [2.75, 3.05) is 11.5 Å². The molecule has 0 fully saturated rings. The largest absolute Gasteiger partial charge is 0.399 e. The van der Waals surface area contributed by atoms with E-state index in [-0.39, 0.29) is 0 Å². The van der Waals surface area contributed by atoms with Crippen LogP contribution in [-0.2, 0) is 0 Å². The highest BCUT2D eigenvalue weighted by Gasteiger charge is 2.05. The third-order valence-electron chi connectivity index (χ3n) is 2.73. The smallest absolute Gasteiger partial charge is 0.0423 e. The number of hydrogen-bond acceptors (Lipinski definition) is 2. The van der Waals surface area contributed by atoms with Gasteiger partial charge in [-0.25, -0.2) is 0 Å². The SMILES string of the molecule is Cc1cc(N)cc(-c2cccc(C)c2N)c1. The molecule has 2 aromatic carbocycles. The highest BCUT2D eigenvalue weighted by molar-refractivity contribution is 5.80. The van der Waals surface area contributed by atoms with Gasteiger partial charge < -0.3 is 11.5 Å². The van der Waals surface area contributed by atoms with E-state index >= 15 is 0 Å². The molecule has 2 rings (SSSR count). The van der Waals surface area contributed by atoms with Crippen molar-refractivity contribution in [3.05, 3.63) is 47.5 Å². The first kappa shape index (κ1) is 10.6. The van der Waals surface area contributed by atoms with E-state index in [2.05, 4.69) is 6.07 Å². The van der Waals surface area contributed by atoms with E-state index in [0.717, 1.165) is 33.6 Å². The third kappa shape index (κ3) is 1.87. The lowest BCUT2D eigenvalue weighted by Gasteiger charge is -2.10. The fraction of sp³-hybridized carbons (Fsp3) is 0.143. The first-order valence-corrected chi connectivity index (χ1v) is 5.30. The summed E-state index contributed by atoms with van der Waals surface area (Å²) >= 11 is 0. The predicted molar refractivity (Wildman–Crippen MR) is 70.2 cm³/mol. The minimum Gasteiger partial charge on any atom is -0.399 e. The van der Waals surface area contributed by atoms with Crippen LogP contribution in [0.5, 0.6) is 0 Å². The van der Waals surface area contributed by atoms with Crippen LogP contribution in [0, 0.1) is 13.8 Å². The minimum absolute atomic E-state index is 0.774. The zero-order chi connectivity index (χ0) is 11.7. The summed E-state index contributed by atoms with van der Waals surface area (Å²) in [6.07, 6.45) is 0. The van der Waals surface area contributed by atoms with E-state index in [4.69, 9.17) is 11.5 Å². The Morgan fingerprint density at radius 2 is 1.69 bits per heavy atom. The average molecular weight is 212 g/mol. The zero-order valence-electron chi connectivity index (χ0n) is 9.62. The van der Waals surface area contributed by atoms with Crippen LogP contribution in [0.25, 0.3) is 11.1 Å². The maximum atomic E-state index is 6.07. The number of hydrogen-bond donors (Lipinski definition) is 2. The summed E-state index contributed by atoms with van der Waals surface area (Å²) in [5.74, 6) is 0. The highest BCUT2D eigenvalue weighted by Crippen LogP contribution is 2.30. The van der Waals surface area contributed by atoms with Gasteiger partial charge in [0.15, 0.2) is 0 Å². The fourth-order valence-corrected chi connectivity index (χ4v) is 1.90. The summed E-state index contributed by atoms with van der Waals surface area (Å²) in [6, 6.07) is 12.1. The molecule has 4 N–H and O–H groups in total. The van der Waals surface area contributed by atoms with Crippen LogP contribution in [0.3, 0.4) is 0 Å². The number of rotatable bonds is 1. The first-order chi connectivity index (χ1) is 7.58. The van der Waals surface area contributed by atoms with Crippen LogP contribution >= 0.6 is 0 Å². The quantitative estimate of drug-likeness (QED) is 0.713. The molecule has 0 bridgehead atoms. The third-order valence-corrected chi connectivity index (χ3v) is 2.73. The maximum absolute atomic E-state index is 6.07. The van der Waals surface area contributed by atoms with E-state index in [1.54, 1.807) is 0 Å². The highest BCUT2D eigenvalue weighted by atomic mass is 14.6. The van der Waals surface area contributed by atoms with Gasteiger partial charge in [-0.1, -0.05) is 24.3 Å². The molecule has 2 nitrogen and oxygen atoms in total. The number of anilines is 2. The predicted octanol–water partition coefficient (Wildman–Crippen LogP) is 3.13. The van der Waals surface area contributed by atoms with Gasteiger partial charge in [-0.15, -0.1) is 0 Å². The van der Waals surface area contributed by atoms with E-state index in [1.165, 1.54) is 0 Å². The Hall–Kier alpha value is -1.96. The topological polar surface area (TPSA) is 52.0 Å². The Morgan fingerprint density at radius 1 is 0.938 bits per heavy atom. The van der Waals surface area contributed by atoms with Gasteiger partial charge in [0.05, 0.1) is 0 Å². The van der Waals surface area contributed by atoms with Crippen molar-refractivity contribution in [2.24, 2.45) is 0 Å². The maximum Gasteiger partial charge on any atom is 0.0423 e. The Bertz CT molecular complexity index is 510. The second-order valence-corrected chi connectivity index (χ2v) is 4.17. The molecule has 0 saturated carbocycles. The molecule has 0 spiro atoms. The molecule has 0 aliphatic heterocycles. The minimum atomic E-state index is 0.774. The van der Waals surface area contributed by atoms with Gasteiger partial charge in [0.25, 0.3) is 0 Å². The number of benzene rings is 2. The molecule has 0 aromatic heterocycles. The Kier molecular flexibility index (Phi) is 2.57. The van der Waals surface area contributed by atoms with Gasteiger partial charge in [-0.2, -0.15) is 0 Å². The summed E-state index contributed by atoms with van der Waals surface area (Å²) in [5, 5.41) is 0. The second kappa shape index (κ2) is 3.89. The van der Waals surface area contributed by atoms with E-state index in [1.807, 2.05) is 44.2 Å². The normalized spacial score (nSPS) is 10.4. The molecule has 2 heteroatoms. The molecule has 0 saturated heterocycles. The van der Waals surface area contributed by atoms with Crippen LogP contribution in [0.2, 0.25) is 0 Å². The second-order valence-electron chi connectivity index (χ2n) is 4.17. The number of nitrogens with two attached hydrogens (primary N) is 2. The summed E-state index contributed by atoms with van der Waals surface area (Å²) in [7, 11) is 0. The van der Waals surface area contributed by atoms with Crippen molar-refractivity contribution in [2.45, 2.75) is 13.8 Å². The lowest BCUT2D eigenvalue weighted by atomic mass is 9.99. The molecule has 0 radical (unpaired) electrons. The van der Waals surface area contributed by atoms with Crippen LogP contribution in [0.1, 0.15) is 11.1 Å². The van der Waals surface area contributed by atoms with Gasteiger partial charge in [0.1, 0.15) is 0 Å². The van der Waals surface area contributed by atoms with Crippen molar-refractivity contribution in [3.63, 3.8) is 0 Å². The summed E-state index contributed by atoms with van der Waals surface area (Å²) in [6.45, 7) is 4.05. The molecule has 2 aromatic rings. The molecule has 0 aliphatic carbocycles. The van der Waals surface area contributed by atoms with Crippen LogP contribution < -0.4 is 11.5 Å². The first-order valence-electron chi connectivity index (χ1n) is 5.30. The fourth-order valence-electron chi connectivity index (χ4n) is 1.90. The summed E-state index contributed by atoms with van der Waals surface area (Å²) < 4.78 is 0. The summed E-state index contributed by atoms with van der Waals surface area (Å²) in [4.78, 5) is 0. The molecular weight excluding hydrogens is 196 g/mol. The Labute approximate surface area is 95.9 Å². The molecule has 0 aliphatic rings. The lowest BCUT2D eigenvalue weighted by molar-refractivity contribution is 1.44. The van der Waals surface area contributed by atoms with E-state index < -0.39 is 0 Å². The molecule has 0 amide bonds. The monoisotopic (exact) mass is 212 g/mol. The molecular formula is C14H16N2. The molecule has 82 valence electrons. The molecule has 16 heavy (non-hydrogen) atoms. The van der Waals surface area contributed by atoms with Crippen molar-refractivity contribution >= 4 is 11.4 Å². The zero-order valence-corrected chi connectivity index (χ0v) is 9.62. The standard InChI is InChI=1S/C14H16N2/c1-9-6-11(8-12(15)7-9)13-5-3-4-10(2)14(13)16/h3-8H,15-16H2,1-2H3. The van der Waals surface area contributed by atoms with Crippen LogP contribution in [0.15, 0.2) is 36.4 Å². The van der Waals surface area contributed by atoms with Crippen molar-refractivity contribution in [1.82, 2.24) is 0 Å². The van der Waals surface area contributed by atoms with Crippen molar-refractivity contribution < 1.29 is 0 Å². The number of para-hydroxylation sites is 1. The molecule has 0 atom stereocenters. The van der Waals surface area contributed by atoms with Gasteiger partial charge in [-0.3, -0.25) is 0 Å². The van der Waals surface area contributed by atoms with Crippen LogP contribution in [-0.4, -0.2) is 0 Å². The number of nitrogen functional groups attached to an aromatic ring is 2. The summed E-state index contributed by atoms with van der Waals surface area (Å²) in [5.41, 5.74) is 17.9. The van der Waals surface area contributed by atoms with Crippen LogP contribution in [0.4, 0.5) is 11.4 Å². The van der Waals surface area contributed by atoms with Crippen molar-refractivity contribution in [1.29, 1.82) is 0 Å². The Morgan fingerprint density at radius 3 is 2.38 bits per heavy atom.